The molecule has 0 saturated heterocycles. The van der Waals surface area contributed by atoms with Crippen LogP contribution in [0.15, 0.2) is 36.4 Å². The average molecular weight is 358 g/mol. The molecule has 7 nitrogen and oxygen atoms in total. The maximum Gasteiger partial charge on any atom is 0.311 e. The van der Waals surface area contributed by atoms with Crippen molar-refractivity contribution in [1.29, 1.82) is 0 Å². The SMILES string of the molecule is COc1cc(OCC(=O)N[C@@H](C)c2cc(C)ccc2C)ccc1[N+](=O)[O-]. The molecule has 0 fully saturated rings. The van der Waals surface area contributed by atoms with Crippen molar-refractivity contribution in [2.24, 2.45) is 0 Å². The summed E-state index contributed by atoms with van der Waals surface area (Å²) in [7, 11) is 1.34. The molecule has 2 aromatic rings. The molecule has 0 radical (unpaired) electrons. The van der Waals surface area contributed by atoms with E-state index in [-0.39, 0.29) is 30.0 Å². The number of methoxy groups -OCH3 is 1. The maximum absolute atomic E-state index is 12.2. The molecular formula is C19H22N2O5. The van der Waals surface area contributed by atoms with Crippen molar-refractivity contribution in [3.05, 3.63) is 63.2 Å². The molecule has 1 N–H and O–H groups in total. The Hall–Kier alpha value is -3.09. The first-order valence-electron chi connectivity index (χ1n) is 8.13. The van der Waals surface area contributed by atoms with E-state index < -0.39 is 4.92 Å². The van der Waals surface area contributed by atoms with Crippen LogP contribution in [0.25, 0.3) is 0 Å². The Labute approximate surface area is 152 Å². The summed E-state index contributed by atoms with van der Waals surface area (Å²) in [6, 6.07) is 10.0. The normalized spacial score (nSPS) is 11.5. The highest BCUT2D eigenvalue weighted by Crippen LogP contribution is 2.30. The van der Waals surface area contributed by atoms with Crippen molar-refractivity contribution in [1.82, 2.24) is 5.32 Å². The molecule has 0 aliphatic rings. The maximum atomic E-state index is 12.2. The highest BCUT2D eigenvalue weighted by atomic mass is 16.6. The lowest BCUT2D eigenvalue weighted by Gasteiger charge is -2.17. The summed E-state index contributed by atoms with van der Waals surface area (Å²) >= 11 is 0. The second kappa shape index (κ2) is 8.33. The molecule has 0 aromatic heterocycles. The quantitative estimate of drug-likeness (QED) is 0.604. The molecule has 7 heteroatoms. The van der Waals surface area contributed by atoms with Gasteiger partial charge in [0, 0.05) is 12.1 Å². The van der Waals surface area contributed by atoms with Gasteiger partial charge in [-0.3, -0.25) is 14.9 Å². The number of carbonyl (C=O) groups excluding carboxylic acids is 1. The number of benzene rings is 2. The van der Waals surface area contributed by atoms with Crippen LogP contribution in [0, 0.1) is 24.0 Å². The van der Waals surface area contributed by atoms with Crippen molar-refractivity contribution in [2.75, 3.05) is 13.7 Å². The molecule has 0 bridgehead atoms. The lowest BCUT2D eigenvalue weighted by atomic mass is 10.00. The van der Waals surface area contributed by atoms with Gasteiger partial charge in [-0.25, -0.2) is 0 Å². The lowest BCUT2D eigenvalue weighted by Crippen LogP contribution is -2.31. The predicted molar refractivity (Wildman–Crippen MR) is 97.6 cm³/mol. The topological polar surface area (TPSA) is 90.7 Å². The Morgan fingerprint density at radius 3 is 2.62 bits per heavy atom. The number of nitro groups is 1. The summed E-state index contributed by atoms with van der Waals surface area (Å²) in [5.41, 5.74) is 3.12. The van der Waals surface area contributed by atoms with E-state index in [1.807, 2.05) is 39.0 Å². The van der Waals surface area contributed by atoms with Crippen molar-refractivity contribution >= 4 is 11.6 Å². The minimum Gasteiger partial charge on any atom is -0.490 e. The molecule has 0 aliphatic heterocycles. The number of nitrogens with one attached hydrogen (secondary N) is 1. The Bertz CT molecular complexity index is 820. The van der Waals surface area contributed by atoms with E-state index >= 15 is 0 Å². The molecule has 2 aromatic carbocycles. The van der Waals surface area contributed by atoms with E-state index in [1.165, 1.54) is 25.3 Å². The number of nitro benzene ring substituents is 1. The van der Waals surface area contributed by atoms with Gasteiger partial charge in [0.2, 0.25) is 5.75 Å². The summed E-state index contributed by atoms with van der Waals surface area (Å²) in [4.78, 5) is 22.5. The molecule has 1 atom stereocenters. The van der Waals surface area contributed by atoms with E-state index in [9.17, 15) is 14.9 Å². The first kappa shape index (κ1) is 19.2. The monoisotopic (exact) mass is 358 g/mol. The van der Waals surface area contributed by atoms with Gasteiger partial charge < -0.3 is 14.8 Å². The van der Waals surface area contributed by atoms with Gasteiger partial charge in [-0.2, -0.15) is 0 Å². The van der Waals surface area contributed by atoms with Crippen LogP contribution in [0.5, 0.6) is 11.5 Å². The largest absolute Gasteiger partial charge is 0.490 e. The van der Waals surface area contributed by atoms with Crippen molar-refractivity contribution in [2.45, 2.75) is 26.8 Å². The number of aryl methyl sites for hydroxylation is 2. The number of hydrogen-bond acceptors (Lipinski definition) is 5. The highest BCUT2D eigenvalue weighted by molar-refractivity contribution is 5.78. The molecule has 26 heavy (non-hydrogen) atoms. The van der Waals surface area contributed by atoms with Gasteiger partial charge in [0.1, 0.15) is 5.75 Å². The van der Waals surface area contributed by atoms with E-state index in [2.05, 4.69) is 5.32 Å². The van der Waals surface area contributed by atoms with Crippen molar-refractivity contribution in [3.8, 4) is 11.5 Å². The van der Waals surface area contributed by atoms with Crippen LogP contribution in [-0.4, -0.2) is 24.5 Å². The third kappa shape index (κ3) is 4.72. The van der Waals surface area contributed by atoms with Crippen LogP contribution in [0.3, 0.4) is 0 Å². The summed E-state index contributed by atoms with van der Waals surface area (Å²) in [6.07, 6.45) is 0. The van der Waals surface area contributed by atoms with Crippen molar-refractivity contribution < 1.29 is 19.2 Å². The molecular weight excluding hydrogens is 336 g/mol. The standard InChI is InChI=1S/C19H22N2O5/c1-12-5-6-13(2)16(9-12)14(3)20-19(22)11-26-15-7-8-17(21(23)24)18(10-15)25-4/h5-10,14H,11H2,1-4H3,(H,20,22)/t14-/m0/s1. The van der Waals surface area contributed by atoms with Crippen LogP contribution >= 0.6 is 0 Å². The fraction of sp³-hybridized carbons (Fsp3) is 0.316. The summed E-state index contributed by atoms with van der Waals surface area (Å²) in [5, 5.41) is 13.8. The molecule has 1 amide bonds. The predicted octanol–water partition coefficient (Wildman–Crippen LogP) is 3.48. The van der Waals surface area contributed by atoms with Gasteiger partial charge in [-0.05, 0) is 38.0 Å². The van der Waals surface area contributed by atoms with Crippen LogP contribution in [0.1, 0.15) is 29.7 Å². The van der Waals surface area contributed by atoms with Gasteiger partial charge in [-0.1, -0.05) is 23.8 Å². The van der Waals surface area contributed by atoms with Crippen LogP contribution in [0.2, 0.25) is 0 Å². The average Bonchev–Trinajstić information content (AvgIpc) is 2.61. The third-order valence-electron chi connectivity index (χ3n) is 4.00. The van der Waals surface area contributed by atoms with E-state index in [4.69, 9.17) is 9.47 Å². The lowest BCUT2D eigenvalue weighted by molar-refractivity contribution is -0.385. The fourth-order valence-electron chi connectivity index (χ4n) is 2.63. The minimum absolute atomic E-state index is 0.0802. The van der Waals surface area contributed by atoms with Gasteiger partial charge in [0.05, 0.1) is 18.1 Å². The van der Waals surface area contributed by atoms with Gasteiger partial charge in [0.15, 0.2) is 6.61 Å². The van der Waals surface area contributed by atoms with Crippen molar-refractivity contribution in [3.63, 3.8) is 0 Å². The molecule has 0 heterocycles. The fourth-order valence-corrected chi connectivity index (χ4v) is 2.63. The Balaban J connectivity index is 1.98. The summed E-state index contributed by atoms with van der Waals surface area (Å²) in [6.45, 7) is 5.71. The van der Waals surface area contributed by atoms with Gasteiger partial charge in [0.25, 0.3) is 5.91 Å². The van der Waals surface area contributed by atoms with E-state index in [0.29, 0.717) is 5.75 Å². The summed E-state index contributed by atoms with van der Waals surface area (Å²) in [5.74, 6) is 0.120. The number of amides is 1. The number of nitrogens with zero attached hydrogens (tertiary/aromatic N) is 1. The number of carbonyl (C=O) groups is 1. The van der Waals surface area contributed by atoms with E-state index in [0.717, 1.165) is 16.7 Å². The van der Waals surface area contributed by atoms with Gasteiger partial charge in [-0.15, -0.1) is 0 Å². The smallest absolute Gasteiger partial charge is 0.311 e. The molecule has 0 aliphatic carbocycles. The second-order valence-corrected chi connectivity index (χ2v) is 6.03. The Morgan fingerprint density at radius 2 is 1.96 bits per heavy atom. The Morgan fingerprint density at radius 1 is 1.23 bits per heavy atom. The number of ether oxygens (including phenoxy) is 2. The second-order valence-electron chi connectivity index (χ2n) is 6.03. The minimum atomic E-state index is -0.540. The van der Waals surface area contributed by atoms with Crippen LogP contribution in [0.4, 0.5) is 5.69 Å². The zero-order valence-electron chi connectivity index (χ0n) is 15.2. The molecule has 0 spiro atoms. The molecule has 2 rings (SSSR count). The number of rotatable bonds is 7. The highest BCUT2D eigenvalue weighted by Gasteiger charge is 2.16. The molecule has 138 valence electrons. The zero-order chi connectivity index (χ0) is 19.3. The van der Waals surface area contributed by atoms with Crippen LogP contribution < -0.4 is 14.8 Å². The van der Waals surface area contributed by atoms with Crippen LogP contribution in [-0.2, 0) is 4.79 Å². The van der Waals surface area contributed by atoms with E-state index in [1.54, 1.807) is 0 Å². The molecule has 0 unspecified atom stereocenters. The summed E-state index contributed by atoms with van der Waals surface area (Å²) < 4.78 is 10.4. The molecule has 0 saturated carbocycles. The third-order valence-corrected chi connectivity index (χ3v) is 4.00. The van der Waals surface area contributed by atoms with Gasteiger partial charge >= 0.3 is 5.69 Å². The zero-order valence-corrected chi connectivity index (χ0v) is 15.2. The Kier molecular flexibility index (Phi) is 6.16. The first-order valence-corrected chi connectivity index (χ1v) is 8.13. The first-order chi connectivity index (χ1) is 12.3. The number of hydrogen-bond donors (Lipinski definition) is 1.